The van der Waals surface area contributed by atoms with Gasteiger partial charge in [-0.2, -0.15) is 0 Å². The Bertz CT molecular complexity index is 1390. The van der Waals surface area contributed by atoms with Gasteiger partial charge < -0.3 is 29.9 Å². The van der Waals surface area contributed by atoms with Crippen LogP contribution in [0, 0.1) is 0 Å². The Morgan fingerprint density at radius 3 is 2.19 bits per heavy atom. The van der Waals surface area contributed by atoms with Gasteiger partial charge in [0, 0.05) is 17.8 Å². The molecule has 4 rings (SSSR count). The monoisotopic (exact) mass is 572 g/mol. The smallest absolute Gasteiger partial charge is 0.303 e. The van der Waals surface area contributed by atoms with E-state index in [9.17, 15) is 19.5 Å². The van der Waals surface area contributed by atoms with Gasteiger partial charge in [0.1, 0.15) is 28.6 Å². The summed E-state index contributed by atoms with van der Waals surface area (Å²) >= 11 is 0. The standard InChI is InChI=1S/C33H36N2O7/c1-2-25(10-6-3-4-9-13-30(37)38)41-27-18-14-23(15-19-27)34-32(39)31-29(36)22-35(33(31)40)24-16-20-28(21-17-24)42-26-11-7-5-8-12-26/h5,7-8,11-12,14-21,25,36H,2-4,6,9-10,13,22H2,1H3,(H,34,39)(H,37,38). The lowest BCUT2D eigenvalue weighted by Crippen LogP contribution is -2.30. The number of nitrogens with zero attached hydrogens (tertiary/aromatic N) is 1. The fraction of sp³-hybridized carbons (Fsp3) is 0.303. The van der Waals surface area contributed by atoms with Crippen molar-refractivity contribution in [2.24, 2.45) is 0 Å². The molecule has 1 unspecified atom stereocenters. The maximum Gasteiger partial charge on any atom is 0.303 e. The molecular weight excluding hydrogens is 536 g/mol. The Morgan fingerprint density at radius 2 is 1.52 bits per heavy atom. The van der Waals surface area contributed by atoms with Gasteiger partial charge in [0.2, 0.25) is 0 Å². The molecule has 0 bridgehead atoms. The Hall–Kier alpha value is -4.79. The molecule has 1 aliphatic heterocycles. The Kier molecular flexibility index (Phi) is 10.6. The van der Waals surface area contributed by atoms with Gasteiger partial charge in [-0.1, -0.05) is 38.0 Å². The highest BCUT2D eigenvalue weighted by Gasteiger charge is 2.36. The highest BCUT2D eigenvalue weighted by atomic mass is 16.5. The average molecular weight is 573 g/mol. The molecule has 1 heterocycles. The van der Waals surface area contributed by atoms with Crippen molar-refractivity contribution >= 4 is 29.2 Å². The van der Waals surface area contributed by atoms with Crippen LogP contribution >= 0.6 is 0 Å². The molecule has 0 fully saturated rings. The lowest BCUT2D eigenvalue weighted by Gasteiger charge is -2.18. The topological polar surface area (TPSA) is 125 Å². The summed E-state index contributed by atoms with van der Waals surface area (Å²) in [4.78, 5) is 38.0. The molecule has 3 aromatic rings. The Balaban J connectivity index is 1.27. The molecule has 0 spiro atoms. The summed E-state index contributed by atoms with van der Waals surface area (Å²) in [6, 6.07) is 23.0. The molecule has 9 nitrogen and oxygen atoms in total. The third-order valence-electron chi connectivity index (χ3n) is 6.95. The van der Waals surface area contributed by atoms with Gasteiger partial charge in [-0.15, -0.1) is 0 Å². The van der Waals surface area contributed by atoms with E-state index in [1.165, 1.54) is 4.90 Å². The van der Waals surface area contributed by atoms with E-state index < -0.39 is 17.8 Å². The van der Waals surface area contributed by atoms with E-state index >= 15 is 0 Å². The molecule has 3 aromatic carbocycles. The zero-order valence-corrected chi connectivity index (χ0v) is 23.6. The zero-order chi connectivity index (χ0) is 29.9. The molecule has 1 atom stereocenters. The van der Waals surface area contributed by atoms with E-state index in [-0.39, 0.29) is 30.4 Å². The number of carboxylic acids is 1. The van der Waals surface area contributed by atoms with Crippen molar-refractivity contribution in [3.63, 3.8) is 0 Å². The van der Waals surface area contributed by atoms with Crippen LogP contribution in [0.4, 0.5) is 11.4 Å². The molecule has 0 aliphatic carbocycles. The molecule has 0 saturated carbocycles. The molecule has 9 heteroatoms. The summed E-state index contributed by atoms with van der Waals surface area (Å²) in [5, 5.41) is 21.9. The van der Waals surface area contributed by atoms with Crippen LogP contribution in [0.25, 0.3) is 0 Å². The van der Waals surface area contributed by atoms with Crippen LogP contribution < -0.4 is 19.7 Å². The number of aliphatic carboxylic acids is 1. The normalized spacial score (nSPS) is 13.6. The summed E-state index contributed by atoms with van der Waals surface area (Å²) < 4.78 is 11.9. The quantitative estimate of drug-likeness (QED) is 0.134. The number of hydrogen-bond acceptors (Lipinski definition) is 6. The van der Waals surface area contributed by atoms with E-state index in [1.54, 1.807) is 48.5 Å². The third kappa shape index (κ3) is 8.36. The van der Waals surface area contributed by atoms with E-state index in [4.69, 9.17) is 14.6 Å². The summed E-state index contributed by atoms with van der Waals surface area (Å²) in [5.41, 5.74) is 0.698. The predicted molar refractivity (Wildman–Crippen MR) is 160 cm³/mol. The van der Waals surface area contributed by atoms with E-state index in [0.29, 0.717) is 35.0 Å². The number of para-hydroxylation sites is 1. The summed E-state index contributed by atoms with van der Waals surface area (Å²) in [7, 11) is 0. The number of carboxylic acid groups (broad SMARTS) is 1. The first-order valence-corrected chi connectivity index (χ1v) is 14.2. The van der Waals surface area contributed by atoms with Crippen molar-refractivity contribution in [3.8, 4) is 17.2 Å². The van der Waals surface area contributed by atoms with Crippen molar-refractivity contribution < 1.29 is 34.1 Å². The number of anilines is 2. The highest BCUT2D eigenvalue weighted by molar-refractivity contribution is 6.29. The number of aliphatic hydroxyl groups excluding tert-OH is 1. The van der Waals surface area contributed by atoms with Crippen LogP contribution in [0.5, 0.6) is 17.2 Å². The second-order valence-electron chi connectivity index (χ2n) is 10.1. The fourth-order valence-corrected chi connectivity index (χ4v) is 4.67. The summed E-state index contributed by atoms with van der Waals surface area (Å²) in [6.07, 6.45) is 5.45. The molecule has 42 heavy (non-hydrogen) atoms. The maximum absolute atomic E-state index is 13.1. The maximum atomic E-state index is 13.1. The van der Waals surface area contributed by atoms with Crippen LogP contribution in [-0.4, -0.2) is 40.6 Å². The second-order valence-corrected chi connectivity index (χ2v) is 10.1. The minimum absolute atomic E-state index is 0.0353. The number of rotatable bonds is 15. The molecule has 3 N–H and O–H groups in total. The van der Waals surface area contributed by atoms with Crippen LogP contribution in [0.3, 0.4) is 0 Å². The number of ether oxygens (including phenoxy) is 2. The largest absolute Gasteiger partial charge is 0.509 e. The van der Waals surface area contributed by atoms with Gasteiger partial charge in [-0.3, -0.25) is 14.4 Å². The van der Waals surface area contributed by atoms with Crippen molar-refractivity contribution in [1.29, 1.82) is 0 Å². The lowest BCUT2D eigenvalue weighted by molar-refractivity contribution is -0.137. The molecule has 1 aliphatic rings. The lowest BCUT2D eigenvalue weighted by atomic mass is 10.1. The van der Waals surface area contributed by atoms with Crippen LogP contribution in [0.15, 0.2) is 90.2 Å². The van der Waals surface area contributed by atoms with Gasteiger partial charge >= 0.3 is 5.97 Å². The number of carbonyl (C=O) groups excluding carboxylic acids is 2. The van der Waals surface area contributed by atoms with E-state index in [0.717, 1.165) is 32.1 Å². The number of unbranched alkanes of at least 4 members (excludes halogenated alkanes) is 3. The number of carbonyl (C=O) groups is 3. The zero-order valence-electron chi connectivity index (χ0n) is 23.6. The molecule has 0 saturated heterocycles. The summed E-state index contributed by atoms with van der Waals surface area (Å²) in [5.74, 6) is -0.384. The van der Waals surface area contributed by atoms with Crippen molar-refractivity contribution in [1.82, 2.24) is 0 Å². The second kappa shape index (κ2) is 14.7. The predicted octanol–water partition coefficient (Wildman–Crippen LogP) is 6.86. The SMILES string of the molecule is CCC(CCCCCCC(=O)O)Oc1ccc(NC(=O)C2=C(O)CN(c3ccc(Oc4ccccc4)cc3)C2=O)cc1. The molecule has 0 radical (unpaired) electrons. The van der Waals surface area contributed by atoms with Crippen molar-refractivity contribution in [2.45, 2.75) is 58.0 Å². The minimum Gasteiger partial charge on any atom is -0.509 e. The number of amides is 2. The minimum atomic E-state index is -0.758. The number of nitrogens with one attached hydrogen (secondary N) is 1. The van der Waals surface area contributed by atoms with E-state index in [1.807, 2.05) is 30.3 Å². The Morgan fingerprint density at radius 1 is 0.881 bits per heavy atom. The molecular formula is C33H36N2O7. The highest BCUT2D eigenvalue weighted by Crippen LogP contribution is 2.29. The third-order valence-corrected chi connectivity index (χ3v) is 6.95. The van der Waals surface area contributed by atoms with Gasteiger partial charge in [-0.05, 0) is 86.3 Å². The first-order valence-electron chi connectivity index (χ1n) is 14.2. The molecule has 220 valence electrons. The van der Waals surface area contributed by atoms with Crippen molar-refractivity contribution in [2.75, 3.05) is 16.8 Å². The van der Waals surface area contributed by atoms with Gasteiger partial charge in [0.05, 0.1) is 12.6 Å². The molecule has 0 aromatic heterocycles. The first-order chi connectivity index (χ1) is 20.3. The number of benzene rings is 3. The Labute approximate surface area is 245 Å². The molecule has 2 amide bonds. The van der Waals surface area contributed by atoms with Crippen LogP contribution in [-0.2, 0) is 14.4 Å². The van der Waals surface area contributed by atoms with Crippen LogP contribution in [0.2, 0.25) is 0 Å². The van der Waals surface area contributed by atoms with Gasteiger partial charge in [0.15, 0.2) is 0 Å². The summed E-state index contributed by atoms with van der Waals surface area (Å²) in [6.45, 7) is 1.95. The van der Waals surface area contributed by atoms with Gasteiger partial charge in [-0.25, -0.2) is 0 Å². The fourth-order valence-electron chi connectivity index (χ4n) is 4.67. The number of aliphatic hydroxyl groups is 1. The first kappa shape index (κ1) is 30.2. The van der Waals surface area contributed by atoms with Gasteiger partial charge in [0.25, 0.3) is 11.8 Å². The van der Waals surface area contributed by atoms with E-state index in [2.05, 4.69) is 12.2 Å². The average Bonchev–Trinajstić information content (AvgIpc) is 3.29. The van der Waals surface area contributed by atoms with Crippen molar-refractivity contribution in [3.05, 3.63) is 90.2 Å². The number of hydrogen-bond donors (Lipinski definition) is 3. The van der Waals surface area contributed by atoms with Crippen LogP contribution in [0.1, 0.15) is 51.9 Å².